The van der Waals surface area contributed by atoms with Crippen LogP contribution in [-0.4, -0.2) is 58.3 Å². The third-order valence-electron chi connectivity index (χ3n) is 4.80. The van der Waals surface area contributed by atoms with Gasteiger partial charge in [-0.2, -0.15) is 5.10 Å². The molecule has 0 aromatic carbocycles. The largest absolute Gasteiger partial charge is 0.383 e. The number of hydrogen-bond acceptors (Lipinski definition) is 6. The summed E-state index contributed by atoms with van der Waals surface area (Å²) in [5, 5.41) is 9.21. The van der Waals surface area contributed by atoms with E-state index in [4.69, 9.17) is 4.74 Å². The Hall–Kier alpha value is -2.26. The Labute approximate surface area is 168 Å². The molecule has 0 aliphatic carbocycles. The molecule has 2 aromatic heterocycles. The second-order valence-electron chi connectivity index (χ2n) is 7.28. The Morgan fingerprint density at radius 3 is 2.89 bits per heavy atom. The summed E-state index contributed by atoms with van der Waals surface area (Å²) >= 11 is 1.40. The molecule has 8 nitrogen and oxygen atoms in total. The summed E-state index contributed by atoms with van der Waals surface area (Å²) in [5.41, 5.74) is 4.41. The zero-order chi connectivity index (χ0) is 20.1. The summed E-state index contributed by atoms with van der Waals surface area (Å²) < 4.78 is 6.95. The molecule has 1 aliphatic heterocycles. The third-order valence-corrected chi connectivity index (χ3v) is 5.38. The molecular formula is C19H27N5O3S. The average molecular weight is 406 g/mol. The van der Waals surface area contributed by atoms with Crippen molar-refractivity contribution in [2.24, 2.45) is 5.92 Å². The number of nitrogens with zero attached hydrogens (tertiary/aromatic N) is 4. The Kier molecular flexibility index (Phi) is 6.79. The number of carbonyl (C=O) groups excluding carboxylic acids is 2. The molecule has 2 amide bonds. The minimum absolute atomic E-state index is 0.104. The molecule has 152 valence electrons. The van der Waals surface area contributed by atoms with Crippen LogP contribution in [0.15, 0.2) is 10.9 Å². The van der Waals surface area contributed by atoms with Gasteiger partial charge in [-0.05, 0) is 12.3 Å². The summed E-state index contributed by atoms with van der Waals surface area (Å²) in [4.78, 5) is 31.3. The van der Waals surface area contributed by atoms with Crippen molar-refractivity contribution < 1.29 is 14.3 Å². The first kappa shape index (κ1) is 20.5. The highest BCUT2D eigenvalue weighted by Gasteiger charge is 2.30. The highest BCUT2D eigenvalue weighted by atomic mass is 32.1. The number of methoxy groups -OCH3 is 1. The van der Waals surface area contributed by atoms with Crippen molar-refractivity contribution >= 4 is 23.2 Å². The fourth-order valence-electron chi connectivity index (χ4n) is 3.24. The van der Waals surface area contributed by atoms with Crippen LogP contribution in [0.3, 0.4) is 0 Å². The second-order valence-corrected chi connectivity index (χ2v) is 8.00. The number of carbonyl (C=O) groups is 2. The van der Waals surface area contributed by atoms with Gasteiger partial charge in [0.1, 0.15) is 5.69 Å². The number of aryl methyl sites for hydroxylation is 1. The minimum atomic E-state index is -0.223. The molecular weight excluding hydrogens is 378 g/mol. The highest BCUT2D eigenvalue weighted by molar-refractivity contribution is 7.07. The first-order valence-electron chi connectivity index (χ1n) is 9.54. The van der Waals surface area contributed by atoms with Gasteiger partial charge in [-0.15, -0.1) is 11.3 Å². The lowest BCUT2D eigenvalue weighted by Gasteiger charge is -2.27. The van der Waals surface area contributed by atoms with Gasteiger partial charge in [0, 0.05) is 49.8 Å². The first-order chi connectivity index (χ1) is 13.5. The molecule has 3 heterocycles. The van der Waals surface area contributed by atoms with Crippen LogP contribution in [0.5, 0.6) is 0 Å². The Balaban J connectivity index is 1.84. The third kappa shape index (κ3) is 4.59. The number of thiazole rings is 1. The molecule has 2 aromatic rings. The predicted octanol–water partition coefficient (Wildman–Crippen LogP) is 1.96. The van der Waals surface area contributed by atoms with Gasteiger partial charge in [0.25, 0.3) is 11.8 Å². The van der Waals surface area contributed by atoms with E-state index in [1.54, 1.807) is 22.9 Å². The minimum Gasteiger partial charge on any atom is -0.383 e. The molecule has 0 atom stereocenters. The number of fused-ring (bicyclic) bond motifs is 1. The van der Waals surface area contributed by atoms with E-state index in [-0.39, 0.29) is 11.8 Å². The van der Waals surface area contributed by atoms with Gasteiger partial charge in [0.05, 0.1) is 18.7 Å². The van der Waals surface area contributed by atoms with Crippen LogP contribution in [0.2, 0.25) is 0 Å². The summed E-state index contributed by atoms with van der Waals surface area (Å²) in [6.45, 7) is 6.94. The predicted molar refractivity (Wildman–Crippen MR) is 106 cm³/mol. The molecule has 9 heteroatoms. The molecule has 0 saturated heterocycles. The summed E-state index contributed by atoms with van der Waals surface area (Å²) in [6, 6.07) is 0. The number of aromatic nitrogens is 3. The lowest BCUT2D eigenvalue weighted by molar-refractivity contribution is 0.0725. The maximum atomic E-state index is 12.7. The van der Waals surface area contributed by atoms with Gasteiger partial charge in [0.2, 0.25) is 0 Å². The van der Waals surface area contributed by atoms with Crippen LogP contribution < -0.4 is 5.32 Å². The molecule has 1 aliphatic rings. The van der Waals surface area contributed by atoms with Crippen LogP contribution in [0, 0.1) is 5.92 Å². The second kappa shape index (κ2) is 9.29. The maximum Gasteiger partial charge on any atom is 0.273 e. The van der Waals surface area contributed by atoms with Crippen LogP contribution in [0.25, 0.3) is 0 Å². The number of nitrogens with one attached hydrogen (secondary N) is 1. The van der Waals surface area contributed by atoms with Crippen LogP contribution in [0.1, 0.15) is 52.5 Å². The fourth-order valence-corrected chi connectivity index (χ4v) is 3.77. The van der Waals surface area contributed by atoms with Crippen molar-refractivity contribution in [3.05, 3.63) is 33.5 Å². The number of amides is 2. The van der Waals surface area contributed by atoms with Crippen molar-refractivity contribution in [1.29, 1.82) is 0 Å². The van der Waals surface area contributed by atoms with E-state index in [0.29, 0.717) is 50.0 Å². The average Bonchev–Trinajstić information content (AvgIpc) is 3.33. The number of rotatable bonds is 8. The molecule has 0 bridgehead atoms. The van der Waals surface area contributed by atoms with Gasteiger partial charge < -0.3 is 15.0 Å². The first-order valence-corrected chi connectivity index (χ1v) is 10.5. The summed E-state index contributed by atoms with van der Waals surface area (Å²) in [7, 11) is 1.59. The van der Waals surface area contributed by atoms with Gasteiger partial charge in [0.15, 0.2) is 5.69 Å². The zero-order valence-electron chi connectivity index (χ0n) is 16.6. The molecule has 0 saturated carbocycles. The maximum absolute atomic E-state index is 12.7. The normalized spacial score (nSPS) is 13.6. The smallest absolute Gasteiger partial charge is 0.273 e. The van der Waals surface area contributed by atoms with E-state index in [1.807, 2.05) is 4.68 Å². The topological polar surface area (TPSA) is 89.4 Å². The van der Waals surface area contributed by atoms with Crippen LogP contribution in [-0.2, 0) is 24.2 Å². The molecule has 0 spiro atoms. The fraction of sp³-hybridized carbons (Fsp3) is 0.579. The highest BCUT2D eigenvalue weighted by Crippen LogP contribution is 2.25. The monoisotopic (exact) mass is 405 g/mol. The zero-order valence-corrected chi connectivity index (χ0v) is 17.4. The Bertz CT molecular complexity index is 816. The molecule has 0 radical (unpaired) electrons. The standard InChI is InChI=1S/C19H27N5O3S/c1-13(2)4-8-24-16-5-7-23(19(26)15-11-28-12-21-15)10-14(16)17(22-24)18(25)20-6-9-27-3/h11-13H,4-10H2,1-3H3,(H,20,25). The van der Waals surface area contributed by atoms with E-state index in [2.05, 4.69) is 29.2 Å². The van der Waals surface area contributed by atoms with Gasteiger partial charge >= 0.3 is 0 Å². The van der Waals surface area contributed by atoms with E-state index < -0.39 is 0 Å². The van der Waals surface area contributed by atoms with Gasteiger partial charge in [-0.25, -0.2) is 4.98 Å². The van der Waals surface area contributed by atoms with Crippen LogP contribution in [0.4, 0.5) is 0 Å². The summed E-state index contributed by atoms with van der Waals surface area (Å²) in [5.74, 6) is 0.220. The van der Waals surface area contributed by atoms with Crippen molar-refractivity contribution in [1.82, 2.24) is 25.0 Å². The molecule has 3 rings (SSSR count). The lowest BCUT2D eigenvalue weighted by atomic mass is 10.0. The van der Waals surface area contributed by atoms with Crippen molar-refractivity contribution in [2.45, 2.75) is 39.8 Å². The Morgan fingerprint density at radius 2 is 2.21 bits per heavy atom. The quantitative estimate of drug-likeness (QED) is 0.678. The van der Waals surface area contributed by atoms with E-state index in [9.17, 15) is 9.59 Å². The molecule has 0 unspecified atom stereocenters. The van der Waals surface area contributed by atoms with E-state index in [0.717, 1.165) is 24.2 Å². The van der Waals surface area contributed by atoms with Crippen molar-refractivity contribution in [3.8, 4) is 0 Å². The SMILES string of the molecule is COCCNC(=O)c1nn(CCC(C)C)c2c1CN(C(=O)c1cscn1)CC2. The van der Waals surface area contributed by atoms with Crippen molar-refractivity contribution in [3.63, 3.8) is 0 Å². The summed E-state index contributed by atoms with van der Waals surface area (Å²) in [6.07, 6.45) is 1.67. The molecule has 1 N–H and O–H groups in total. The number of hydrogen-bond donors (Lipinski definition) is 1. The molecule has 0 fully saturated rings. The van der Waals surface area contributed by atoms with Crippen LogP contribution >= 0.6 is 11.3 Å². The Morgan fingerprint density at radius 1 is 1.39 bits per heavy atom. The van der Waals surface area contributed by atoms with E-state index >= 15 is 0 Å². The van der Waals surface area contributed by atoms with Crippen molar-refractivity contribution in [2.75, 3.05) is 26.8 Å². The van der Waals surface area contributed by atoms with Gasteiger partial charge in [-0.3, -0.25) is 14.3 Å². The lowest BCUT2D eigenvalue weighted by Crippen LogP contribution is -2.37. The number of ether oxygens (including phenoxy) is 1. The van der Waals surface area contributed by atoms with Gasteiger partial charge in [-0.1, -0.05) is 13.8 Å². The molecule has 28 heavy (non-hydrogen) atoms. The van der Waals surface area contributed by atoms with E-state index in [1.165, 1.54) is 11.3 Å².